The van der Waals surface area contributed by atoms with Crippen molar-refractivity contribution in [1.82, 2.24) is 9.29 Å². The minimum absolute atomic E-state index is 0.409. The molecule has 0 aliphatic carbocycles. The first-order valence-corrected chi connectivity index (χ1v) is 11.0. The van der Waals surface area contributed by atoms with Gasteiger partial charge in [-0.15, -0.1) is 0 Å². The molecule has 3 aromatic rings. The Morgan fingerprint density at radius 3 is 2.29 bits per heavy atom. The Bertz CT molecular complexity index is 1130. The van der Waals surface area contributed by atoms with E-state index in [1.54, 1.807) is 10.4 Å². The van der Waals surface area contributed by atoms with E-state index in [9.17, 15) is 8.42 Å². The average molecular weight is 396 g/mol. The SMILES string of the molecule is Cc1ccc(S(=O)(=O)N2CCN(c3cc(C)c4ccccc4n3)CC2)c(C)c1. The van der Waals surface area contributed by atoms with E-state index in [0.29, 0.717) is 31.1 Å². The van der Waals surface area contributed by atoms with Crippen molar-refractivity contribution in [2.75, 3.05) is 31.1 Å². The van der Waals surface area contributed by atoms with Gasteiger partial charge in [0.25, 0.3) is 0 Å². The van der Waals surface area contributed by atoms with Gasteiger partial charge in [0.05, 0.1) is 10.4 Å². The minimum Gasteiger partial charge on any atom is -0.354 e. The summed E-state index contributed by atoms with van der Waals surface area (Å²) in [6, 6.07) is 15.7. The predicted octanol–water partition coefficient (Wildman–Crippen LogP) is 3.67. The maximum absolute atomic E-state index is 13.1. The number of anilines is 1. The molecule has 1 fully saturated rings. The van der Waals surface area contributed by atoms with E-state index in [0.717, 1.165) is 27.8 Å². The monoisotopic (exact) mass is 395 g/mol. The average Bonchev–Trinajstić information content (AvgIpc) is 2.68. The molecule has 1 aliphatic heterocycles. The number of aryl methyl sites for hydroxylation is 3. The topological polar surface area (TPSA) is 53.5 Å². The zero-order chi connectivity index (χ0) is 19.9. The Balaban J connectivity index is 1.55. The zero-order valence-electron chi connectivity index (χ0n) is 16.5. The van der Waals surface area contributed by atoms with E-state index in [-0.39, 0.29) is 0 Å². The van der Waals surface area contributed by atoms with Gasteiger partial charge < -0.3 is 4.90 Å². The second-order valence-corrected chi connectivity index (χ2v) is 9.38. The van der Waals surface area contributed by atoms with Gasteiger partial charge in [-0.1, -0.05) is 35.9 Å². The number of aromatic nitrogens is 1. The summed E-state index contributed by atoms with van der Waals surface area (Å²) in [6.45, 7) is 8.11. The third kappa shape index (κ3) is 3.38. The fraction of sp³-hybridized carbons (Fsp3) is 0.318. The second kappa shape index (κ2) is 7.18. The quantitative estimate of drug-likeness (QED) is 0.679. The molecule has 1 saturated heterocycles. The first-order valence-electron chi connectivity index (χ1n) is 9.55. The maximum atomic E-state index is 13.1. The summed E-state index contributed by atoms with van der Waals surface area (Å²) in [5.74, 6) is 0.916. The third-order valence-corrected chi connectivity index (χ3v) is 7.48. The van der Waals surface area contributed by atoms with Crippen LogP contribution in [0.25, 0.3) is 10.9 Å². The number of nitrogens with zero attached hydrogens (tertiary/aromatic N) is 3. The fourth-order valence-electron chi connectivity index (χ4n) is 3.88. The summed E-state index contributed by atoms with van der Waals surface area (Å²) in [5.41, 5.74) is 4.03. The highest BCUT2D eigenvalue weighted by atomic mass is 32.2. The number of sulfonamides is 1. The number of piperazine rings is 1. The molecule has 0 saturated carbocycles. The van der Waals surface area contributed by atoms with E-state index < -0.39 is 10.0 Å². The van der Waals surface area contributed by atoms with Gasteiger partial charge in [0.15, 0.2) is 0 Å². The first kappa shape index (κ1) is 18.9. The summed E-state index contributed by atoms with van der Waals surface area (Å²) in [4.78, 5) is 7.37. The zero-order valence-corrected chi connectivity index (χ0v) is 17.3. The smallest absolute Gasteiger partial charge is 0.243 e. The molecule has 2 aromatic carbocycles. The molecule has 146 valence electrons. The molecule has 6 heteroatoms. The van der Waals surface area contributed by atoms with Crippen LogP contribution in [0, 0.1) is 20.8 Å². The van der Waals surface area contributed by atoms with Crippen molar-refractivity contribution in [2.45, 2.75) is 25.7 Å². The lowest BCUT2D eigenvalue weighted by atomic mass is 10.1. The second-order valence-electron chi connectivity index (χ2n) is 7.47. The van der Waals surface area contributed by atoms with Gasteiger partial charge in [0.1, 0.15) is 5.82 Å². The van der Waals surface area contributed by atoms with E-state index in [2.05, 4.69) is 24.0 Å². The molecule has 0 unspecified atom stereocenters. The van der Waals surface area contributed by atoms with Crippen LogP contribution in [0.2, 0.25) is 0 Å². The number of para-hydroxylation sites is 1. The highest BCUT2D eigenvalue weighted by Gasteiger charge is 2.30. The summed E-state index contributed by atoms with van der Waals surface area (Å²) in [5, 5.41) is 1.15. The molecule has 0 N–H and O–H groups in total. The normalized spacial score (nSPS) is 15.9. The van der Waals surface area contributed by atoms with Crippen LogP contribution in [0.15, 0.2) is 53.4 Å². The lowest BCUT2D eigenvalue weighted by Crippen LogP contribution is -2.49. The van der Waals surface area contributed by atoms with Crippen molar-refractivity contribution in [3.63, 3.8) is 0 Å². The van der Waals surface area contributed by atoms with E-state index in [4.69, 9.17) is 4.98 Å². The highest BCUT2D eigenvalue weighted by molar-refractivity contribution is 7.89. The summed E-state index contributed by atoms with van der Waals surface area (Å²) < 4.78 is 27.8. The molecule has 28 heavy (non-hydrogen) atoms. The number of hydrogen-bond acceptors (Lipinski definition) is 4. The molecule has 0 radical (unpaired) electrons. The van der Waals surface area contributed by atoms with Crippen LogP contribution in [0.1, 0.15) is 16.7 Å². The molecule has 1 aromatic heterocycles. The summed E-state index contributed by atoms with van der Waals surface area (Å²) >= 11 is 0. The van der Waals surface area contributed by atoms with Gasteiger partial charge in [-0.25, -0.2) is 13.4 Å². The molecule has 2 heterocycles. The number of rotatable bonds is 3. The van der Waals surface area contributed by atoms with Crippen LogP contribution >= 0.6 is 0 Å². The van der Waals surface area contributed by atoms with Crippen molar-refractivity contribution >= 4 is 26.7 Å². The lowest BCUT2D eigenvalue weighted by molar-refractivity contribution is 0.383. The number of pyridine rings is 1. The Hall–Kier alpha value is -2.44. The van der Waals surface area contributed by atoms with Crippen LogP contribution in [-0.2, 0) is 10.0 Å². The highest BCUT2D eigenvalue weighted by Crippen LogP contribution is 2.26. The third-order valence-electron chi connectivity index (χ3n) is 5.42. The Morgan fingerprint density at radius 2 is 1.57 bits per heavy atom. The van der Waals surface area contributed by atoms with Crippen LogP contribution in [0.3, 0.4) is 0 Å². The maximum Gasteiger partial charge on any atom is 0.243 e. The van der Waals surface area contributed by atoms with Crippen molar-refractivity contribution < 1.29 is 8.42 Å². The van der Waals surface area contributed by atoms with Gasteiger partial charge in [-0.3, -0.25) is 0 Å². The molecule has 5 nitrogen and oxygen atoms in total. The fourth-order valence-corrected chi connectivity index (χ4v) is 5.51. The molecule has 0 spiro atoms. The minimum atomic E-state index is -3.47. The van der Waals surface area contributed by atoms with Gasteiger partial charge >= 0.3 is 0 Å². The Labute approximate surface area is 166 Å². The van der Waals surface area contributed by atoms with Crippen LogP contribution in [0.5, 0.6) is 0 Å². The van der Waals surface area contributed by atoms with Crippen LogP contribution < -0.4 is 4.90 Å². The molecule has 0 bridgehead atoms. The van der Waals surface area contributed by atoms with Gasteiger partial charge in [-0.2, -0.15) is 4.31 Å². The first-order chi connectivity index (χ1) is 13.4. The van der Waals surface area contributed by atoms with Crippen molar-refractivity contribution in [2.24, 2.45) is 0 Å². The van der Waals surface area contributed by atoms with E-state index in [1.165, 1.54) is 5.56 Å². The standard InChI is InChI=1S/C22H25N3O2S/c1-16-8-9-21(18(3)14-16)28(26,27)25-12-10-24(11-13-25)22-15-17(2)19-6-4-5-7-20(19)23-22/h4-9,14-15H,10-13H2,1-3H3. The molecule has 1 aliphatic rings. The lowest BCUT2D eigenvalue weighted by Gasteiger charge is -2.35. The molecular formula is C22H25N3O2S. The summed E-state index contributed by atoms with van der Waals surface area (Å²) in [6.07, 6.45) is 0. The van der Waals surface area contributed by atoms with Crippen LogP contribution in [0.4, 0.5) is 5.82 Å². The Morgan fingerprint density at radius 1 is 0.857 bits per heavy atom. The van der Waals surface area contributed by atoms with Crippen LogP contribution in [-0.4, -0.2) is 43.9 Å². The van der Waals surface area contributed by atoms with E-state index >= 15 is 0 Å². The van der Waals surface area contributed by atoms with Crippen molar-refractivity contribution in [1.29, 1.82) is 0 Å². The van der Waals surface area contributed by atoms with Crippen molar-refractivity contribution in [3.05, 3.63) is 65.2 Å². The summed E-state index contributed by atoms with van der Waals surface area (Å²) in [7, 11) is -3.47. The molecule has 0 amide bonds. The number of hydrogen-bond donors (Lipinski definition) is 0. The van der Waals surface area contributed by atoms with Gasteiger partial charge in [-0.05, 0) is 50.1 Å². The predicted molar refractivity (Wildman–Crippen MR) is 113 cm³/mol. The van der Waals surface area contributed by atoms with Gasteiger partial charge in [0, 0.05) is 31.6 Å². The molecule has 4 rings (SSSR count). The van der Waals surface area contributed by atoms with Gasteiger partial charge in [0.2, 0.25) is 10.0 Å². The number of benzene rings is 2. The molecular weight excluding hydrogens is 370 g/mol. The molecule has 0 atom stereocenters. The Kier molecular flexibility index (Phi) is 4.85. The largest absolute Gasteiger partial charge is 0.354 e. The van der Waals surface area contributed by atoms with E-state index in [1.807, 2.05) is 44.2 Å². The van der Waals surface area contributed by atoms with Crippen molar-refractivity contribution in [3.8, 4) is 0 Å². The number of fused-ring (bicyclic) bond motifs is 1.